The Morgan fingerprint density at radius 1 is 1.29 bits per heavy atom. The maximum absolute atomic E-state index is 13.1. The fraction of sp³-hybridized carbons (Fsp3) is 0.375. The first-order valence-corrected chi connectivity index (χ1v) is 7.65. The Bertz CT molecular complexity index is 774. The van der Waals surface area contributed by atoms with Crippen molar-refractivity contribution in [2.45, 2.75) is 38.8 Å². The number of carbonyl (C=O) groups excluding carboxylic acids is 2. The van der Waals surface area contributed by atoms with Crippen LogP contribution in [0.2, 0.25) is 0 Å². The van der Waals surface area contributed by atoms with Gasteiger partial charge in [-0.05, 0) is 31.0 Å². The molecule has 0 radical (unpaired) electrons. The predicted octanol–water partition coefficient (Wildman–Crippen LogP) is 2.13. The Balaban J connectivity index is 1.81. The van der Waals surface area contributed by atoms with E-state index in [0.29, 0.717) is 17.8 Å². The molecule has 1 atom stereocenters. The third-order valence-electron chi connectivity index (χ3n) is 3.97. The van der Waals surface area contributed by atoms with Gasteiger partial charge in [-0.2, -0.15) is 4.98 Å². The minimum atomic E-state index is -1.25. The van der Waals surface area contributed by atoms with Crippen LogP contribution in [0.3, 0.4) is 0 Å². The number of carbonyl (C=O) groups is 2. The summed E-state index contributed by atoms with van der Waals surface area (Å²) >= 11 is 0. The largest absolute Gasteiger partial charge is 0.337 e. The van der Waals surface area contributed by atoms with Crippen LogP contribution < -0.4 is 5.32 Å². The standard InChI is InChI=1S/C16H17FN4O3/c1-3-4-12-18-13(24-20-12)9-21-14(22)16(2,19-15(21)23)10-5-7-11(17)8-6-10/h5-8H,3-4,9H2,1-2H3,(H,19,23). The number of hydrogen-bond donors (Lipinski definition) is 1. The lowest BCUT2D eigenvalue weighted by atomic mass is 9.92. The summed E-state index contributed by atoms with van der Waals surface area (Å²) in [7, 11) is 0. The molecular formula is C16H17FN4O3. The highest BCUT2D eigenvalue weighted by molar-refractivity contribution is 6.07. The molecule has 0 saturated carbocycles. The van der Waals surface area contributed by atoms with Gasteiger partial charge in [-0.25, -0.2) is 9.18 Å². The van der Waals surface area contributed by atoms with E-state index < -0.39 is 23.3 Å². The maximum atomic E-state index is 13.1. The van der Waals surface area contributed by atoms with Crippen LogP contribution in [-0.4, -0.2) is 27.0 Å². The molecule has 0 bridgehead atoms. The zero-order valence-electron chi connectivity index (χ0n) is 13.4. The van der Waals surface area contributed by atoms with Gasteiger partial charge in [-0.15, -0.1) is 0 Å². The lowest BCUT2D eigenvalue weighted by Gasteiger charge is -2.21. The van der Waals surface area contributed by atoms with Crippen molar-refractivity contribution in [2.75, 3.05) is 0 Å². The molecule has 1 N–H and O–H groups in total. The van der Waals surface area contributed by atoms with Crippen molar-refractivity contribution in [3.05, 3.63) is 47.4 Å². The minimum Gasteiger partial charge on any atom is -0.337 e. The van der Waals surface area contributed by atoms with Crippen LogP contribution in [0.5, 0.6) is 0 Å². The summed E-state index contributed by atoms with van der Waals surface area (Å²) in [6, 6.07) is 4.89. The number of aryl methyl sites for hydroxylation is 1. The number of amides is 3. The Morgan fingerprint density at radius 3 is 2.67 bits per heavy atom. The highest BCUT2D eigenvalue weighted by atomic mass is 19.1. The first-order valence-electron chi connectivity index (χ1n) is 7.65. The Morgan fingerprint density at radius 2 is 2.00 bits per heavy atom. The molecule has 1 fully saturated rings. The van der Waals surface area contributed by atoms with Crippen LogP contribution in [-0.2, 0) is 23.3 Å². The smallest absolute Gasteiger partial charge is 0.325 e. The summed E-state index contributed by atoms with van der Waals surface area (Å²) in [5.41, 5.74) is -0.751. The van der Waals surface area contributed by atoms with Gasteiger partial charge in [-0.1, -0.05) is 24.2 Å². The number of urea groups is 1. The molecule has 24 heavy (non-hydrogen) atoms. The van der Waals surface area contributed by atoms with Crippen molar-refractivity contribution in [3.8, 4) is 0 Å². The van der Waals surface area contributed by atoms with Gasteiger partial charge in [0.2, 0.25) is 5.89 Å². The summed E-state index contributed by atoms with van der Waals surface area (Å²) in [6.45, 7) is 3.47. The molecule has 1 aromatic carbocycles. The van der Waals surface area contributed by atoms with Gasteiger partial charge >= 0.3 is 6.03 Å². The van der Waals surface area contributed by atoms with Crippen molar-refractivity contribution in [1.29, 1.82) is 0 Å². The zero-order chi connectivity index (χ0) is 17.3. The van der Waals surface area contributed by atoms with E-state index in [4.69, 9.17) is 4.52 Å². The summed E-state index contributed by atoms with van der Waals surface area (Å²) in [6.07, 6.45) is 1.53. The fourth-order valence-electron chi connectivity index (χ4n) is 2.63. The lowest BCUT2D eigenvalue weighted by molar-refractivity contribution is -0.131. The summed E-state index contributed by atoms with van der Waals surface area (Å²) in [5.74, 6) is -0.120. The van der Waals surface area contributed by atoms with Crippen molar-refractivity contribution in [2.24, 2.45) is 0 Å². The van der Waals surface area contributed by atoms with E-state index in [9.17, 15) is 14.0 Å². The molecule has 3 rings (SSSR count). The quantitative estimate of drug-likeness (QED) is 0.847. The van der Waals surface area contributed by atoms with E-state index in [-0.39, 0.29) is 12.4 Å². The number of nitrogens with one attached hydrogen (secondary N) is 1. The number of halogens is 1. The second-order valence-corrected chi connectivity index (χ2v) is 5.81. The van der Waals surface area contributed by atoms with E-state index in [2.05, 4.69) is 15.5 Å². The number of nitrogens with zero attached hydrogens (tertiary/aromatic N) is 3. The predicted molar refractivity (Wildman–Crippen MR) is 81.1 cm³/mol. The van der Waals surface area contributed by atoms with Crippen molar-refractivity contribution in [1.82, 2.24) is 20.4 Å². The van der Waals surface area contributed by atoms with E-state index in [1.54, 1.807) is 6.92 Å². The molecule has 8 heteroatoms. The van der Waals surface area contributed by atoms with Crippen molar-refractivity contribution in [3.63, 3.8) is 0 Å². The number of benzene rings is 1. The van der Waals surface area contributed by atoms with Crippen LogP contribution in [0.25, 0.3) is 0 Å². The molecule has 0 spiro atoms. The third kappa shape index (κ3) is 2.75. The number of aromatic nitrogens is 2. The number of hydrogen-bond acceptors (Lipinski definition) is 5. The molecule has 3 amide bonds. The molecule has 1 aliphatic heterocycles. The highest BCUT2D eigenvalue weighted by Crippen LogP contribution is 2.29. The molecule has 1 aliphatic rings. The number of rotatable bonds is 5. The van der Waals surface area contributed by atoms with Crippen LogP contribution in [0.15, 0.2) is 28.8 Å². The first kappa shape index (κ1) is 16.1. The number of imide groups is 1. The van der Waals surface area contributed by atoms with Crippen LogP contribution in [0, 0.1) is 5.82 Å². The van der Waals surface area contributed by atoms with Gasteiger partial charge in [0.1, 0.15) is 17.9 Å². The van der Waals surface area contributed by atoms with Crippen LogP contribution >= 0.6 is 0 Å². The summed E-state index contributed by atoms with van der Waals surface area (Å²) in [4.78, 5) is 30.1. The van der Waals surface area contributed by atoms with Gasteiger partial charge in [0, 0.05) is 6.42 Å². The molecular weight excluding hydrogens is 315 g/mol. The van der Waals surface area contributed by atoms with E-state index in [1.165, 1.54) is 24.3 Å². The normalized spacial score (nSPS) is 20.5. The summed E-state index contributed by atoms with van der Waals surface area (Å²) in [5, 5.41) is 6.45. The van der Waals surface area contributed by atoms with E-state index in [1.807, 2.05) is 6.92 Å². The molecule has 7 nitrogen and oxygen atoms in total. The fourth-order valence-corrected chi connectivity index (χ4v) is 2.63. The monoisotopic (exact) mass is 332 g/mol. The minimum absolute atomic E-state index is 0.0990. The van der Waals surface area contributed by atoms with Crippen LogP contribution in [0.1, 0.15) is 37.5 Å². The molecule has 2 aromatic rings. The average molecular weight is 332 g/mol. The molecule has 1 aromatic heterocycles. The molecule has 0 aliphatic carbocycles. The second kappa shape index (κ2) is 6.03. The van der Waals surface area contributed by atoms with Gasteiger partial charge in [-0.3, -0.25) is 9.69 Å². The maximum Gasteiger partial charge on any atom is 0.325 e. The third-order valence-corrected chi connectivity index (χ3v) is 3.97. The zero-order valence-corrected chi connectivity index (χ0v) is 13.4. The van der Waals surface area contributed by atoms with Gasteiger partial charge in [0.25, 0.3) is 5.91 Å². The second-order valence-electron chi connectivity index (χ2n) is 5.81. The van der Waals surface area contributed by atoms with Gasteiger partial charge in [0.05, 0.1) is 0 Å². The Labute approximate surface area is 137 Å². The molecule has 2 heterocycles. The first-order chi connectivity index (χ1) is 11.4. The van der Waals surface area contributed by atoms with Crippen molar-refractivity contribution >= 4 is 11.9 Å². The van der Waals surface area contributed by atoms with Crippen LogP contribution in [0.4, 0.5) is 9.18 Å². The average Bonchev–Trinajstić information content (AvgIpc) is 3.07. The topological polar surface area (TPSA) is 88.3 Å². The van der Waals surface area contributed by atoms with E-state index >= 15 is 0 Å². The Kier molecular flexibility index (Phi) is 4.04. The summed E-state index contributed by atoms with van der Waals surface area (Å²) < 4.78 is 18.2. The molecule has 126 valence electrons. The lowest BCUT2D eigenvalue weighted by Crippen LogP contribution is -2.40. The van der Waals surface area contributed by atoms with Gasteiger partial charge in [0.15, 0.2) is 5.82 Å². The highest BCUT2D eigenvalue weighted by Gasteiger charge is 2.49. The molecule has 1 unspecified atom stereocenters. The van der Waals surface area contributed by atoms with Crippen molar-refractivity contribution < 1.29 is 18.5 Å². The van der Waals surface area contributed by atoms with Gasteiger partial charge < -0.3 is 9.84 Å². The molecule has 1 saturated heterocycles. The Hall–Kier alpha value is -2.77. The SMILES string of the molecule is CCCc1noc(CN2C(=O)NC(C)(c3ccc(F)cc3)C2=O)n1. The van der Waals surface area contributed by atoms with E-state index in [0.717, 1.165) is 11.3 Å².